The van der Waals surface area contributed by atoms with Gasteiger partial charge in [0, 0.05) is 31.9 Å². The van der Waals surface area contributed by atoms with E-state index in [-0.39, 0.29) is 0 Å². The molecule has 0 unspecified atom stereocenters. The molecule has 2 amide bonds. The van der Waals surface area contributed by atoms with Gasteiger partial charge < -0.3 is 16.4 Å². The molecule has 0 saturated carbocycles. The van der Waals surface area contributed by atoms with Crippen LogP contribution in [0.15, 0.2) is 24.5 Å². The molecule has 1 heterocycles. The molecule has 0 atom stereocenters. The third-order valence-corrected chi connectivity index (χ3v) is 2.24. The molecule has 86 valence electrons. The van der Waals surface area contributed by atoms with Crippen LogP contribution in [-0.2, 0) is 6.54 Å². The number of hydrogen-bond donors (Lipinski definition) is 2. The zero-order valence-electron chi connectivity index (χ0n) is 8.80. The predicted molar refractivity (Wildman–Crippen MR) is 65.6 cm³/mol. The van der Waals surface area contributed by atoms with Crippen molar-refractivity contribution in [3.8, 4) is 0 Å². The zero-order valence-corrected chi connectivity index (χ0v) is 9.61. The summed E-state index contributed by atoms with van der Waals surface area (Å²) in [5.41, 5.74) is 11.5. The largest absolute Gasteiger partial charge is 0.393 e. The maximum absolute atomic E-state index is 11.2. The van der Waals surface area contributed by atoms with Crippen LogP contribution in [0.1, 0.15) is 12.0 Å². The van der Waals surface area contributed by atoms with E-state index in [2.05, 4.69) is 4.98 Å². The number of pyridine rings is 1. The van der Waals surface area contributed by atoms with Gasteiger partial charge in [-0.15, -0.1) is 0 Å². The number of nitrogens with zero attached hydrogens (tertiary/aromatic N) is 2. The van der Waals surface area contributed by atoms with Crippen molar-refractivity contribution < 1.29 is 4.79 Å². The lowest BCUT2D eigenvalue weighted by Gasteiger charge is -2.19. The van der Waals surface area contributed by atoms with E-state index < -0.39 is 6.03 Å². The van der Waals surface area contributed by atoms with E-state index >= 15 is 0 Å². The molecular formula is C10H14N4OS. The Morgan fingerprint density at radius 1 is 1.50 bits per heavy atom. The smallest absolute Gasteiger partial charge is 0.315 e. The van der Waals surface area contributed by atoms with E-state index in [4.69, 9.17) is 23.7 Å². The van der Waals surface area contributed by atoms with Crippen molar-refractivity contribution in [2.45, 2.75) is 13.0 Å². The van der Waals surface area contributed by atoms with Gasteiger partial charge in [-0.3, -0.25) is 4.98 Å². The normalized spacial score (nSPS) is 9.75. The topological polar surface area (TPSA) is 85.2 Å². The SMILES string of the molecule is NC(=O)N(CCC(N)=S)Cc1cccnc1. The highest BCUT2D eigenvalue weighted by Gasteiger charge is 2.10. The van der Waals surface area contributed by atoms with Crippen LogP contribution in [0.5, 0.6) is 0 Å². The Hall–Kier alpha value is -1.69. The summed E-state index contributed by atoms with van der Waals surface area (Å²) in [5.74, 6) is 0. The van der Waals surface area contributed by atoms with Gasteiger partial charge in [0.1, 0.15) is 0 Å². The molecule has 0 aliphatic heterocycles. The predicted octanol–water partition coefficient (Wildman–Crippen LogP) is 0.638. The number of hydrogen-bond acceptors (Lipinski definition) is 3. The molecule has 1 aromatic rings. The Morgan fingerprint density at radius 3 is 2.75 bits per heavy atom. The van der Waals surface area contributed by atoms with Crippen molar-refractivity contribution in [3.63, 3.8) is 0 Å². The number of rotatable bonds is 5. The molecule has 0 radical (unpaired) electrons. The summed E-state index contributed by atoms with van der Waals surface area (Å²) in [6.07, 6.45) is 3.84. The van der Waals surface area contributed by atoms with Gasteiger partial charge in [0.2, 0.25) is 0 Å². The number of urea groups is 1. The number of nitrogens with two attached hydrogens (primary N) is 2. The van der Waals surface area contributed by atoms with Gasteiger partial charge in [-0.05, 0) is 11.6 Å². The number of carbonyl (C=O) groups is 1. The fourth-order valence-electron chi connectivity index (χ4n) is 1.22. The Morgan fingerprint density at radius 2 is 2.25 bits per heavy atom. The minimum Gasteiger partial charge on any atom is -0.393 e. The lowest BCUT2D eigenvalue weighted by Crippen LogP contribution is -2.37. The summed E-state index contributed by atoms with van der Waals surface area (Å²) >= 11 is 4.75. The number of aromatic nitrogens is 1. The lowest BCUT2D eigenvalue weighted by atomic mass is 10.2. The second kappa shape index (κ2) is 6.02. The Labute approximate surface area is 99.4 Å². The number of carbonyl (C=O) groups excluding carboxylic acids is 1. The highest BCUT2D eigenvalue weighted by Crippen LogP contribution is 2.03. The minimum absolute atomic E-state index is 0.373. The standard InChI is InChI=1S/C10H14N4OS/c11-9(16)3-5-14(10(12)15)7-8-2-1-4-13-6-8/h1-2,4,6H,3,5,7H2,(H2,11,16)(H2,12,15). The van der Waals surface area contributed by atoms with Gasteiger partial charge in [-0.25, -0.2) is 4.79 Å². The van der Waals surface area contributed by atoms with E-state index in [1.54, 1.807) is 12.4 Å². The lowest BCUT2D eigenvalue weighted by molar-refractivity contribution is 0.206. The van der Waals surface area contributed by atoms with Crippen LogP contribution < -0.4 is 11.5 Å². The van der Waals surface area contributed by atoms with Gasteiger partial charge in [-0.1, -0.05) is 18.3 Å². The summed E-state index contributed by atoms with van der Waals surface area (Å²) in [5, 5.41) is 0. The fraction of sp³-hybridized carbons (Fsp3) is 0.300. The van der Waals surface area contributed by atoms with E-state index in [0.29, 0.717) is 24.5 Å². The van der Waals surface area contributed by atoms with Crippen LogP contribution >= 0.6 is 12.2 Å². The maximum atomic E-state index is 11.2. The highest BCUT2D eigenvalue weighted by molar-refractivity contribution is 7.80. The first kappa shape index (κ1) is 12.4. The summed E-state index contributed by atoms with van der Waals surface area (Å²) in [6, 6.07) is 3.20. The van der Waals surface area contributed by atoms with Crippen LogP contribution in [-0.4, -0.2) is 27.4 Å². The molecule has 0 bridgehead atoms. The minimum atomic E-state index is -0.486. The van der Waals surface area contributed by atoms with Gasteiger partial charge in [0.15, 0.2) is 0 Å². The molecule has 0 spiro atoms. The summed E-state index contributed by atoms with van der Waals surface area (Å²) < 4.78 is 0. The first-order valence-corrected chi connectivity index (χ1v) is 5.22. The van der Waals surface area contributed by atoms with E-state index in [0.717, 1.165) is 5.56 Å². The quantitative estimate of drug-likeness (QED) is 0.737. The molecule has 1 rings (SSSR count). The molecule has 5 nitrogen and oxygen atoms in total. The maximum Gasteiger partial charge on any atom is 0.315 e. The molecule has 0 aromatic carbocycles. The van der Waals surface area contributed by atoms with Crippen molar-refractivity contribution >= 4 is 23.2 Å². The van der Waals surface area contributed by atoms with Crippen molar-refractivity contribution in [3.05, 3.63) is 30.1 Å². The van der Waals surface area contributed by atoms with Crippen molar-refractivity contribution in [2.75, 3.05) is 6.54 Å². The van der Waals surface area contributed by atoms with Crippen molar-refractivity contribution in [1.82, 2.24) is 9.88 Å². The Balaban J connectivity index is 2.58. The average Bonchev–Trinajstić information content (AvgIpc) is 2.25. The average molecular weight is 238 g/mol. The third kappa shape index (κ3) is 4.22. The summed E-state index contributed by atoms with van der Waals surface area (Å²) in [7, 11) is 0. The zero-order chi connectivity index (χ0) is 12.0. The number of amides is 2. The summed E-state index contributed by atoms with van der Waals surface area (Å²) in [4.78, 5) is 17.0. The molecule has 0 saturated heterocycles. The van der Waals surface area contributed by atoms with Crippen molar-refractivity contribution in [2.24, 2.45) is 11.5 Å². The molecular weight excluding hydrogens is 224 g/mol. The van der Waals surface area contributed by atoms with Crippen molar-refractivity contribution in [1.29, 1.82) is 0 Å². The van der Waals surface area contributed by atoms with Gasteiger partial charge in [-0.2, -0.15) is 0 Å². The fourth-order valence-corrected chi connectivity index (χ4v) is 1.32. The third-order valence-electron chi connectivity index (χ3n) is 2.04. The van der Waals surface area contributed by atoms with E-state index in [1.165, 1.54) is 4.90 Å². The molecule has 1 aromatic heterocycles. The molecule has 16 heavy (non-hydrogen) atoms. The Kier molecular flexibility index (Phi) is 4.65. The molecule has 0 aliphatic carbocycles. The van der Waals surface area contributed by atoms with Crippen LogP contribution in [0, 0.1) is 0 Å². The second-order valence-electron chi connectivity index (χ2n) is 3.34. The number of thiocarbonyl (C=S) groups is 1. The van der Waals surface area contributed by atoms with E-state index in [1.807, 2.05) is 12.1 Å². The van der Waals surface area contributed by atoms with Gasteiger partial charge in [0.25, 0.3) is 0 Å². The van der Waals surface area contributed by atoms with Crippen LogP contribution in [0.2, 0.25) is 0 Å². The van der Waals surface area contributed by atoms with Gasteiger partial charge in [0.05, 0.1) is 4.99 Å². The van der Waals surface area contributed by atoms with Gasteiger partial charge >= 0.3 is 6.03 Å². The van der Waals surface area contributed by atoms with E-state index in [9.17, 15) is 4.79 Å². The molecule has 0 fully saturated rings. The molecule has 0 aliphatic rings. The highest BCUT2D eigenvalue weighted by atomic mass is 32.1. The monoisotopic (exact) mass is 238 g/mol. The van der Waals surface area contributed by atoms with Crippen LogP contribution in [0.3, 0.4) is 0 Å². The molecule has 4 N–H and O–H groups in total. The van der Waals surface area contributed by atoms with Crippen LogP contribution in [0.25, 0.3) is 0 Å². The first-order chi connectivity index (χ1) is 7.59. The second-order valence-corrected chi connectivity index (χ2v) is 3.86. The molecule has 6 heteroatoms. The number of primary amides is 1. The Bertz CT molecular complexity index is 368. The first-order valence-electron chi connectivity index (χ1n) is 4.81. The van der Waals surface area contributed by atoms with Crippen LogP contribution in [0.4, 0.5) is 4.79 Å². The summed E-state index contributed by atoms with van der Waals surface area (Å²) in [6.45, 7) is 0.853.